The molecule has 0 aromatic carbocycles. The fourth-order valence-electron chi connectivity index (χ4n) is 1.64. The maximum Gasteiger partial charge on any atom is 0.391 e. The van der Waals surface area contributed by atoms with Gasteiger partial charge in [0.1, 0.15) is 0 Å². The SMILES string of the molecule is NN[C@H]1CCC[C@H](C(F)(F)F)C1. The molecule has 0 aliphatic heterocycles. The number of nitrogens with two attached hydrogens (primary N) is 1. The zero-order valence-electron chi connectivity index (χ0n) is 6.69. The molecule has 1 aliphatic rings. The zero-order valence-corrected chi connectivity index (χ0v) is 6.69. The van der Waals surface area contributed by atoms with Crippen molar-refractivity contribution in [3.05, 3.63) is 0 Å². The number of hydrazine groups is 1. The van der Waals surface area contributed by atoms with E-state index in [2.05, 4.69) is 5.43 Å². The minimum atomic E-state index is -4.05. The van der Waals surface area contributed by atoms with Crippen molar-refractivity contribution >= 4 is 0 Å². The summed E-state index contributed by atoms with van der Waals surface area (Å²) in [6.07, 6.45) is -2.31. The van der Waals surface area contributed by atoms with E-state index in [9.17, 15) is 13.2 Å². The first-order chi connectivity index (χ1) is 5.54. The van der Waals surface area contributed by atoms with Crippen molar-refractivity contribution in [2.75, 3.05) is 0 Å². The molecule has 5 heteroatoms. The van der Waals surface area contributed by atoms with Crippen molar-refractivity contribution in [2.45, 2.75) is 37.9 Å². The molecule has 0 aromatic rings. The molecule has 0 saturated heterocycles. The molecule has 12 heavy (non-hydrogen) atoms. The Morgan fingerprint density at radius 1 is 1.25 bits per heavy atom. The van der Waals surface area contributed by atoms with Crippen molar-refractivity contribution in [3.8, 4) is 0 Å². The van der Waals surface area contributed by atoms with Gasteiger partial charge in [-0.25, -0.2) is 0 Å². The summed E-state index contributed by atoms with van der Waals surface area (Å²) in [5.41, 5.74) is 2.41. The van der Waals surface area contributed by atoms with Crippen molar-refractivity contribution < 1.29 is 13.2 Å². The first-order valence-electron chi connectivity index (χ1n) is 4.07. The second-order valence-electron chi connectivity index (χ2n) is 3.27. The van der Waals surface area contributed by atoms with Crippen LogP contribution in [-0.2, 0) is 0 Å². The molecule has 0 heterocycles. The highest BCUT2D eigenvalue weighted by Crippen LogP contribution is 2.37. The van der Waals surface area contributed by atoms with Crippen LogP contribution in [0.25, 0.3) is 0 Å². The van der Waals surface area contributed by atoms with E-state index < -0.39 is 12.1 Å². The third kappa shape index (κ3) is 2.35. The molecule has 2 atom stereocenters. The molecule has 1 aliphatic carbocycles. The first-order valence-corrected chi connectivity index (χ1v) is 4.07. The highest BCUT2D eigenvalue weighted by Gasteiger charge is 2.41. The molecule has 72 valence electrons. The topological polar surface area (TPSA) is 38.0 Å². The predicted molar refractivity (Wildman–Crippen MR) is 39.1 cm³/mol. The lowest BCUT2D eigenvalue weighted by molar-refractivity contribution is -0.183. The molecular weight excluding hydrogens is 169 g/mol. The van der Waals surface area contributed by atoms with Gasteiger partial charge in [0.05, 0.1) is 5.92 Å². The van der Waals surface area contributed by atoms with Crippen LogP contribution in [0, 0.1) is 5.92 Å². The first kappa shape index (κ1) is 9.80. The lowest BCUT2D eigenvalue weighted by Gasteiger charge is -2.29. The summed E-state index contributed by atoms with van der Waals surface area (Å²) in [5, 5.41) is 0. The van der Waals surface area contributed by atoms with E-state index in [1.165, 1.54) is 0 Å². The molecule has 1 saturated carbocycles. The maximum absolute atomic E-state index is 12.2. The summed E-state index contributed by atoms with van der Waals surface area (Å²) in [7, 11) is 0. The molecule has 0 radical (unpaired) electrons. The molecule has 0 aromatic heterocycles. The third-order valence-corrected chi connectivity index (χ3v) is 2.37. The van der Waals surface area contributed by atoms with E-state index in [1.54, 1.807) is 0 Å². The van der Waals surface area contributed by atoms with Crippen LogP contribution in [0.3, 0.4) is 0 Å². The van der Waals surface area contributed by atoms with Gasteiger partial charge in [-0.05, 0) is 19.3 Å². The lowest BCUT2D eigenvalue weighted by atomic mass is 9.85. The number of hydrogen-bond acceptors (Lipinski definition) is 2. The normalized spacial score (nSPS) is 32.0. The van der Waals surface area contributed by atoms with E-state index in [-0.39, 0.29) is 18.9 Å². The molecule has 0 spiro atoms. The summed E-state index contributed by atoms with van der Waals surface area (Å²) in [6, 6.07) is -0.162. The molecule has 1 fully saturated rings. The van der Waals surface area contributed by atoms with Gasteiger partial charge in [-0.3, -0.25) is 11.3 Å². The second kappa shape index (κ2) is 3.62. The van der Waals surface area contributed by atoms with Gasteiger partial charge in [-0.15, -0.1) is 0 Å². The Hall–Kier alpha value is -0.290. The minimum Gasteiger partial charge on any atom is -0.271 e. The smallest absolute Gasteiger partial charge is 0.271 e. The molecule has 1 rings (SSSR count). The highest BCUT2D eigenvalue weighted by molar-refractivity contribution is 4.80. The molecule has 3 N–H and O–H groups in total. The Balaban J connectivity index is 2.46. The number of alkyl halides is 3. The Kier molecular flexibility index (Phi) is 2.95. The van der Waals surface area contributed by atoms with Crippen LogP contribution in [0.4, 0.5) is 13.2 Å². The average Bonchev–Trinajstić information content (AvgIpc) is 2.03. The largest absolute Gasteiger partial charge is 0.391 e. The van der Waals surface area contributed by atoms with Crippen molar-refractivity contribution in [3.63, 3.8) is 0 Å². The third-order valence-electron chi connectivity index (χ3n) is 2.37. The number of hydrogen-bond donors (Lipinski definition) is 2. The Bertz CT molecular complexity index is 146. The van der Waals surface area contributed by atoms with Gasteiger partial charge in [-0.2, -0.15) is 13.2 Å². The molecule has 2 nitrogen and oxygen atoms in total. The van der Waals surface area contributed by atoms with Crippen molar-refractivity contribution in [2.24, 2.45) is 11.8 Å². The van der Waals surface area contributed by atoms with Crippen LogP contribution in [0.5, 0.6) is 0 Å². The second-order valence-corrected chi connectivity index (χ2v) is 3.27. The van der Waals surface area contributed by atoms with E-state index in [0.717, 1.165) is 6.42 Å². The Morgan fingerprint density at radius 3 is 2.42 bits per heavy atom. The summed E-state index contributed by atoms with van der Waals surface area (Å²) >= 11 is 0. The quantitative estimate of drug-likeness (QED) is 0.477. The van der Waals surface area contributed by atoms with Gasteiger partial charge in [-0.1, -0.05) is 6.42 Å². The Labute approximate surface area is 69.3 Å². The number of halogens is 3. The summed E-state index contributed by atoms with van der Waals surface area (Å²) in [4.78, 5) is 0. The van der Waals surface area contributed by atoms with Gasteiger partial charge in [0.2, 0.25) is 0 Å². The molecule has 0 amide bonds. The van der Waals surface area contributed by atoms with E-state index in [0.29, 0.717) is 6.42 Å². The molecule has 0 bridgehead atoms. The summed E-state index contributed by atoms with van der Waals surface area (Å²) < 4.78 is 36.5. The monoisotopic (exact) mass is 182 g/mol. The maximum atomic E-state index is 12.2. The van der Waals surface area contributed by atoms with Crippen LogP contribution >= 0.6 is 0 Å². The number of nitrogens with one attached hydrogen (secondary N) is 1. The summed E-state index contributed by atoms with van der Waals surface area (Å²) in [5.74, 6) is 3.93. The fraction of sp³-hybridized carbons (Fsp3) is 1.00. The molecular formula is C7H13F3N2. The van der Waals surface area contributed by atoms with E-state index >= 15 is 0 Å². The van der Waals surface area contributed by atoms with Crippen LogP contribution in [-0.4, -0.2) is 12.2 Å². The standard InChI is InChI=1S/C7H13F3N2/c8-7(9,10)5-2-1-3-6(4-5)12-11/h5-6,12H,1-4,11H2/t5-,6-/m0/s1. The van der Waals surface area contributed by atoms with Gasteiger partial charge in [0.25, 0.3) is 0 Å². The number of rotatable bonds is 1. The Morgan fingerprint density at radius 2 is 1.92 bits per heavy atom. The van der Waals surface area contributed by atoms with Crippen LogP contribution in [0.2, 0.25) is 0 Å². The molecule has 0 unspecified atom stereocenters. The average molecular weight is 182 g/mol. The minimum absolute atomic E-state index is 0.125. The van der Waals surface area contributed by atoms with Crippen LogP contribution < -0.4 is 11.3 Å². The predicted octanol–water partition coefficient (Wildman–Crippen LogP) is 1.57. The van der Waals surface area contributed by atoms with Gasteiger partial charge in [0.15, 0.2) is 0 Å². The van der Waals surface area contributed by atoms with Crippen LogP contribution in [0.1, 0.15) is 25.7 Å². The summed E-state index contributed by atoms with van der Waals surface area (Å²) in [6.45, 7) is 0. The highest BCUT2D eigenvalue weighted by atomic mass is 19.4. The van der Waals surface area contributed by atoms with E-state index in [4.69, 9.17) is 5.84 Å². The van der Waals surface area contributed by atoms with Crippen LogP contribution in [0.15, 0.2) is 0 Å². The van der Waals surface area contributed by atoms with E-state index in [1.807, 2.05) is 0 Å². The lowest BCUT2D eigenvalue weighted by Crippen LogP contribution is -2.41. The van der Waals surface area contributed by atoms with Gasteiger partial charge in [0, 0.05) is 6.04 Å². The van der Waals surface area contributed by atoms with Gasteiger partial charge < -0.3 is 0 Å². The fourth-order valence-corrected chi connectivity index (χ4v) is 1.64. The van der Waals surface area contributed by atoms with Gasteiger partial charge >= 0.3 is 6.18 Å². The van der Waals surface area contributed by atoms with Crippen molar-refractivity contribution in [1.29, 1.82) is 0 Å². The van der Waals surface area contributed by atoms with Crippen molar-refractivity contribution in [1.82, 2.24) is 5.43 Å². The zero-order chi connectivity index (χ0) is 9.19.